The van der Waals surface area contributed by atoms with Crippen molar-refractivity contribution in [3.8, 4) is 5.75 Å². The highest BCUT2D eigenvalue weighted by Gasteiger charge is 2.18. The SMILES string of the molecule is CC(=O)Nc1cc(NC(=O)C2=Cc3cc(Cl)ccc3OC2)ccc1F. The first-order valence-corrected chi connectivity index (χ1v) is 7.81. The van der Waals surface area contributed by atoms with E-state index >= 15 is 0 Å². The average Bonchev–Trinajstić information content (AvgIpc) is 2.56. The van der Waals surface area contributed by atoms with Gasteiger partial charge in [0.05, 0.1) is 11.3 Å². The van der Waals surface area contributed by atoms with E-state index in [2.05, 4.69) is 10.6 Å². The van der Waals surface area contributed by atoms with E-state index in [1.165, 1.54) is 25.1 Å². The van der Waals surface area contributed by atoms with Crippen LogP contribution in [-0.2, 0) is 9.59 Å². The molecule has 1 aliphatic heterocycles. The molecule has 2 aromatic carbocycles. The number of anilines is 2. The molecular weight excluding hydrogens is 347 g/mol. The molecule has 2 N–H and O–H groups in total. The predicted octanol–water partition coefficient (Wildman–Crippen LogP) is 3.85. The summed E-state index contributed by atoms with van der Waals surface area (Å²) in [7, 11) is 0. The third-order valence-corrected chi connectivity index (χ3v) is 3.75. The van der Waals surface area contributed by atoms with Gasteiger partial charge in [0.25, 0.3) is 5.91 Å². The van der Waals surface area contributed by atoms with Crippen LogP contribution in [0.1, 0.15) is 12.5 Å². The minimum absolute atomic E-state index is 0.00342. The molecule has 0 spiro atoms. The summed E-state index contributed by atoms with van der Waals surface area (Å²) >= 11 is 5.95. The molecule has 0 bridgehead atoms. The number of carbonyl (C=O) groups is 2. The van der Waals surface area contributed by atoms with Crippen molar-refractivity contribution in [2.45, 2.75) is 6.92 Å². The number of fused-ring (bicyclic) bond motifs is 1. The van der Waals surface area contributed by atoms with E-state index in [0.717, 1.165) is 0 Å². The van der Waals surface area contributed by atoms with Crippen LogP contribution in [-0.4, -0.2) is 18.4 Å². The Kier molecular flexibility index (Phi) is 4.72. The number of amides is 2. The van der Waals surface area contributed by atoms with Crippen LogP contribution in [0.3, 0.4) is 0 Å². The Hall–Kier alpha value is -2.86. The fourth-order valence-corrected chi connectivity index (χ4v) is 2.56. The van der Waals surface area contributed by atoms with E-state index in [9.17, 15) is 14.0 Å². The molecule has 25 heavy (non-hydrogen) atoms. The van der Waals surface area contributed by atoms with E-state index in [-0.39, 0.29) is 18.2 Å². The fraction of sp³-hybridized carbons (Fsp3) is 0.111. The van der Waals surface area contributed by atoms with Gasteiger partial charge >= 0.3 is 0 Å². The third kappa shape index (κ3) is 3.97. The molecule has 0 atom stereocenters. The normalized spacial score (nSPS) is 12.5. The van der Waals surface area contributed by atoms with Crippen molar-refractivity contribution in [2.24, 2.45) is 0 Å². The molecular formula is C18H14ClFN2O3. The van der Waals surface area contributed by atoms with E-state index in [1.54, 1.807) is 24.3 Å². The van der Waals surface area contributed by atoms with Crippen molar-refractivity contribution in [3.63, 3.8) is 0 Å². The first-order chi connectivity index (χ1) is 11.9. The summed E-state index contributed by atoms with van der Waals surface area (Å²) in [6, 6.07) is 9.08. The lowest BCUT2D eigenvalue weighted by molar-refractivity contribution is -0.114. The van der Waals surface area contributed by atoms with Crippen molar-refractivity contribution >= 4 is 40.9 Å². The molecule has 0 aliphatic carbocycles. The van der Waals surface area contributed by atoms with Gasteiger partial charge in [-0.1, -0.05) is 11.6 Å². The third-order valence-electron chi connectivity index (χ3n) is 3.51. The highest BCUT2D eigenvalue weighted by molar-refractivity contribution is 6.30. The largest absolute Gasteiger partial charge is 0.488 e. The number of carbonyl (C=O) groups excluding carboxylic acids is 2. The quantitative estimate of drug-likeness (QED) is 0.873. The number of hydrogen-bond donors (Lipinski definition) is 2. The molecule has 1 heterocycles. The van der Waals surface area contributed by atoms with Crippen LogP contribution in [0.2, 0.25) is 5.02 Å². The number of ether oxygens (including phenoxy) is 1. The molecule has 0 fully saturated rings. The van der Waals surface area contributed by atoms with Gasteiger partial charge in [-0.05, 0) is 42.5 Å². The zero-order chi connectivity index (χ0) is 18.0. The van der Waals surface area contributed by atoms with Crippen LogP contribution in [0.15, 0.2) is 42.0 Å². The summed E-state index contributed by atoms with van der Waals surface area (Å²) in [5.41, 5.74) is 1.46. The Balaban J connectivity index is 1.80. The Bertz CT molecular complexity index is 896. The number of rotatable bonds is 3. The number of halogens is 2. The summed E-state index contributed by atoms with van der Waals surface area (Å²) in [6.45, 7) is 1.39. The van der Waals surface area contributed by atoms with Crippen molar-refractivity contribution in [3.05, 3.63) is 58.4 Å². The Morgan fingerprint density at radius 1 is 1.16 bits per heavy atom. The van der Waals surface area contributed by atoms with Crippen LogP contribution in [0.4, 0.5) is 15.8 Å². The van der Waals surface area contributed by atoms with Crippen molar-refractivity contribution in [1.82, 2.24) is 0 Å². The lowest BCUT2D eigenvalue weighted by Gasteiger charge is -2.18. The number of nitrogens with one attached hydrogen (secondary N) is 2. The summed E-state index contributed by atoms with van der Waals surface area (Å²) in [5.74, 6) is -0.724. The summed E-state index contributed by atoms with van der Waals surface area (Å²) in [6.07, 6.45) is 1.69. The molecule has 0 saturated heterocycles. The first-order valence-electron chi connectivity index (χ1n) is 7.44. The zero-order valence-corrected chi connectivity index (χ0v) is 14.0. The lowest BCUT2D eigenvalue weighted by atomic mass is 10.1. The number of benzene rings is 2. The van der Waals surface area contributed by atoms with E-state index < -0.39 is 11.7 Å². The summed E-state index contributed by atoms with van der Waals surface area (Å²) in [4.78, 5) is 23.5. The predicted molar refractivity (Wildman–Crippen MR) is 94.3 cm³/mol. The molecule has 3 rings (SSSR count). The second kappa shape index (κ2) is 6.94. The first kappa shape index (κ1) is 17.0. The second-order valence-corrected chi connectivity index (χ2v) is 5.91. The van der Waals surface area contributed by atoms with Gasteiger partial charge in [0.1, 0.15) is 18.2 Å². The molecule has 0 aromatic heterocycles. The monoisotopic (exact) mass is 360 g/mol. The average molecular weight is 361 g/mol. The maximum atomic E-state index is 13.7. The van der Waals surface area contributed by atoms with E-state index in [4.69, 9.17) is 16.3 Å². The van der Waals surface area contributed by atoms with Crippen molar-refractivity contribution in [1.29, 1.82) is 0 Å². The summed E-state index contributed by atoms with van der Waals surface area (Å²) < 4.78 is 19.2. The minimum atomic E-state index is -0.586. The van der Waals surface area contributed by atoms with Crippen LogP contribution >= 0.6 is 11.6 Å². The smallest absolute Gasteiger partial charge is 0.255 e. The molecule has 0 radical (unpaired) electrons. The topological polar surface area (TPSA) is 67.4 Å². The van der Waals surface area contributed by atoms with Gasteiger partial charge in [-0.2, -0.15) is 0 Å². The molecule has 0 saturated carbocycles. The van der Waals surface area contributed by atoms with Gasteiger partial charge < -0.3 is 15.4 Å². The van der Waals surface area contributed by atoms with Crippen molar-refractivity contribution < 1.29 is 18.7 Å². The van der Waals surface area contributed by atoms with E-state index in [1.807, 2.05) is 0 Å². The van der Waals surface area contributed by atoms with Gasteiger partial charge in [0, 0.05) is 23.2 Å². The maximum absolute atomic E-state index is 13.7. The molecule has 5 nitrogen and oxygen atoms in total. The van der Waals surface area contributed by atoms with Crippen LogP contribution in [0.5, 0.6) is 5.75 Å². The lowest BCUT2D eigenvalue weighted by Crippen LogP contribution is -2.21. The van der Waals surface area contributed by atoms with Crippen LogP contribution < -0.4 is 15.4 Å². The maximum Gasteiger partial charge on any atom is 0.255 e. The Morgan fingerprint density at radius 3 is 2.72 bits per heavy atom. The molecule has 2 aromatic rings. The summed E-state index contributed by atoms with van der Waals surface area (Å²) in [5, 5.41) is 5.57. The Morgan fingerprint density at radius 2 is 1.96 bits per heavy atom. The van der Waals surface area contributed by atoms with Gasteiger partial charge in [-0.25, -0.2) is 4.39 Å². The molecule has 7 heteroatoms. The molecule has 1 aliphatic rings. The number of hydrogen-bond acceptors (Lipinski definition) is 3. The van der Waals surface area contributed by atoms with Gasteiger partial charge in [0.15, 0.2) is 0 Å². The molecule has 0 unspecified atom stereocenters. The molecule has 128 valence electrons. The van der Waals surface area contributed by atoms with Gasteiger partial charge in [-0.3, -0.25) is 9.59 Å². The molecule has 2 amide bonds. The van der Waals surface area contributed by atoms with Crippen LogP contribution in [0, 0.1) is 5.82 Å². The minimum Gasteiger partial charge on any atom is -0.488 e. The Labute approximate surface area is 148 Å². The van der Waals surface area contributed by atoms with E-state index in [0.29, 0.717) is 27.6 Å². The second-order valence-electron chi connectivity index (χ2n) is 5.47. The highest BCUT2D eigenvalue weighted by atomic mass is 35.5. The highest BCUT2D eigenvalue weighted by Crippen LogP contribution is 2.29. The zero-order valence-electron chi connectivity index (χ0n) is 13.2. The van der Waals surface area contributed by atoms with Crippen LogP contribution in [0.25, 0.3) is 6.08 Å². The standard InChI is InChI=1S/C18H14ClFN2O3/c1-10(23)21-16-8-14(3-4-15(16)20)22-18(24)12-6-11-7-13(19)2-5-17(11)25-9-12/h2-8H,9H2,1H3,(H,21,23)(H,22,24). The fourth-order valence-electron chi connectivity index (χ4n) is 2.38. The van der Waals surface area contributed by atoms with Gasteiger partial charge in [-0.15, -0.1) is 0 Å². The van der Waals surface area contributed by atoms with Crippen molar-refractivity contribution in [2.75, 3.05) is 17.2 Å². The van der Waals surface area contributed by atoms with Gasteiger partial charge in [0.2, 0.25) is 5.91 Å².